The van der Waals surface area contributed by atoms with Crippen LogP contribution in [-0.2, 0) is 6.42 Å². The van der Waals surface area contributed by atoms with Crippen molar-refractivity contribution in [1.29, 1.82) is 0 Å². The van der Waals surface area contributed by atoms with Crippen LogP contribution in [0.1, 0.15) is 12.5 Å². The average Bonchev–Trinajstić information content (AvgIpc) is 2.38. The molecule has 0 saturated heterocycles. The number of halogens is 1. The zero-order valence-electron chi connectivity index (χ0n) is 10.7. The summed E-state index contributed by atoms with van der Waals surface area (Å²) in [6, 6.07) is 7.86. The summed E-state index contributed by atoms with van der Waals surface area (Å²) < 4.78 is 0. The molecule has 0 fully saturated rings. The molecule has 2 N–H and O–H groups in total. The largest absolute Gasteiger partial charge is 0.357 e. The SMILES string of the molecule is C=CCNC(=NCCc1ccccc1Cl)NCC. The number of nitrogens with zero attached hydrogens (tertiary/aromatic N) is 1. The lowest BCUT2D eigenvalue weighted by Gasteiger charge is -2.09. The van der Waals surface area contributed by atoms with Gasteiger partial charge >= 0.3 is 0 Å². The highest BCUT2D eigenvalue weighted by Gasteiger charge is 1.99. The molecular weight excluding hydrogens is 246 g/mol. The maximum absolute atomic E-state index is 6.09. The molecule has 3 nitrogen and oxygen atoms in total. The molecule has 0 aliphatic heterocycles. The molecule has 0 aromatic heterocycles. The van der Waals surface area contributed by atoms with E-state index >= 15 is 0 Å². The van der Waals surface area contributed by atoms with Gasteiger partial charge < -0.3 is 10.6 Å². The van der Waals surface area contributed by atoms with E-state index < -0.39 is 0 Å². The van der Waals surface area contributed by atoms with Gasteiger partial charge in [0.1, 0.15) is 0 Å². The summed E-state index contributed by atoms with van der Waals surface area (Å²) in [6.45, 7) is 7.96. The Morgan fingerprint density at radius 1 is 1.39 bits per heavy atom. The Hall–Kier alpha value is -1.48. The van der Waals surface area contributed by atoms with E-state index in [2.05, 4.69) is 22.2 Å². The van der Waals surface area contributed by atoms with Gasteiger partial charge in [-0.2, -0.15) is 0 Å². The molecule has 0 unspecified atom stereocenters. The summed E-state index contributed by atoms with van der Waals surface area (Å²) in [5.74, 6) is 0.810. The first-order chi connectivity index (χ1) is 8.77. The van der Waals surface area contributed by atoms with Gasteiger partial charge in [0.25, 0.3) is 0 Å². The van der Waals surface area contributed by atoms with E-state index in [9.17, 15) is 0 Å². The predicted molar refractivity (Wildman–Crippen MR) is 79.3 cm³/mol. The van der Waals surface area contributed by atoms with Crippen molar-refractivity contribution in [1.82, 2.24) is 10.6 Å². The van der Waals surface area contributed by atoms with Crippen LogP contribution in [0.5, 0.6) is 0 Å². The Kier molecular flexibility index (Phi) is 6.96. The third-order valence-electron chi connectivity index (χ3n) is 2.37. The maximum Gasteiger partial charge on any atom is 0.191 e. The number of aliphatic imine (C=N–C) groups is 1. The van der Waals surface area contributed by atoms with Crippen LogP contribution < -0.4 is 10.6 Å². The summed E-state index contributed by atoms with van der Waals surface area (Å²) >= 11 is 6.09. The van der Waals surface area contributed by atoms with Crippen LogP contribution in [-0.4, -0.2) is 25.6 Å². The van der Waals surface area contributed by atoms with E-state index in [1.807, 2.05) is 31.2 Å². The Bertz CT molecular complexity index is 402. The van der Waals surface area contributed by atoms with Crippen molar-refractivity contribution in [3.05, 3.63) is 47.5 Å². The van der Waals surface area contributed by atoms with Crippen LogP contribution in [0.2, 0.25) is 5.02 Å². The molecule has 0 aliphatic rings. The molecule has 0 spiro atoms. The average molecular weight is 266 g/mol. The molecule has 98 valence electrons. The first-order valence-electron chi connectivity index (χ1n) is 6.14. The Labute approximate surface area is 114 Å². The number of guanidine groups is 1. The van der Waals surface area contributed by atoms with Gasteiger partial charge in [-0.3, -0.25) is 4.99 Å². The lowest BCUT2D eigenvalue weighted by atomic mass is 10.1. The van der Waals surface area contributed by atoms with E-state index in [1.165, 1.54) is 0 Å². The molecule has 0 amide bonds. The molecule has 0 heterocycles. The fraction of sp³-hybridized carbons (Fsp3) is 0.357. The van der Waals surface area contributed by atoms with Gasteiger partial charge in [0, 0.05) is 24.7 Å². The molecular formula is C14H20ClN3. The number of nitrogens with one attached hydrogen (secondary N) is 2. The highest BCUT2D eigenvalue weighted by Crippen LogP contribution is 2.15. The van der Waals surface area contributed by atoms with Crippen LogP contribution in [0.25, 0.3) is 0 Å². The van der Waals surface area contributed by atoms with Gasteiger partial charge in [0.05, 0.1) is 0 Å². The molecule has 18 heavy (non-hydrogen) atoms. The summed E-state index contributed by atoms with van der Waals surface area (Å²) in [6.07, 6.45) is 2.64. The quantitative estimate of drug-likeness (QED) is 0.471. The number of benzene rings is 1. The monoisotopic (exact) mass is 265 g/mol. The number of rotatable bonds is 6. The Balaban J connectivity index is 2.50. The second-order valence-electron chi connectivity index (χ2n) is 3.77. The second-order valence-corrected chi connectivity index (χ2v) is 4.18. The minimum absolute atomic E-state index is 0.705. The molecule has 1 aromatic rings. The molecule has 0 bridgehead atoms. The first-order valence-corrected chi connectivity index (χ1v) is 6.52. The zero-order chi connectivity index (χ0) is 13.2. The van der Waals surface area contributed by atoms with Gasteiger partial charge in [0.2, 0.25) is 0 Å². The van der Waals surface area contributed by atoms with Gasteiger partial charge in [-0.15, -0.1) is 6.58 Å². The van der Waals surface area contributed by atoms with E-state index in [0.717, 1.165) is 29.5 Å². The minimum atomic E-state index is 0.705. The smallest absolute Gasteiger partial charge is 0.191 e. The summed E-state index contributed by atoms with van der Waals surface area (Å²) in [5, 5.41) is 7.14. The molecule has 1 rings (SSSR count). The van der Waals surface area contributed by atoms with Gasteiger partial charge in [-0.1, -0.05) is 35.9 Å². The van der Waals surface area contributed by atoms with Crippen LogP contribution in [0, 0.1) is 0 Å². The fourth-order valence-electron chi connectivity index (χ4n) is 1.50. The van der Waals surface area contributed by atoms with Crippen molar-refractivity contribution in [3.63, 3.8) is 0 Å². The fourth-order valence-corrected chi connectivity index (χ4v) is 1.73. The molecule has 1 aromatic carbocycles. The van der Waals surface area contributed by atoms with Crippen LogP contribution in [0.15, 0.2) is 41.9 Å². The summed E-state index contributed by atoms with van der Waals surface area (Å²) in [7, 11) is 0. The number of hydrogen-bond donors (Lipinski definition) is 2. The maximum atomic E-state index is 6.09. The van der Waals surface area contributed by atoms with Crippen molar-refractivity contribution >= 4 is 17.6 Å². The van der Waals surface area contributed by atoms with Crippen molar-refractivity contribution in [3.8, 4) is 0 Å². The Morgan fingerprint density at radius 3 is 2.83 bits per heavy atom. The van der Waals surface area contributed by atoms with Crippen LogP contribution in [0.3, 0.4) is 0 Å². The summed E-state index contributed by atoms with van der Waals surface area (Å²) in [4.78, 5) is 4.48. The Morgan fingerprint density at radius 2 is 2.17 bits per heavy atom. The van der Waals surface area contributed by atoms with Crippen molar-refractivity contribution in [2.24, 2.45) is 4.99 Å². The third kappa shape index (κ3) is 5.23. The van der Waals surface area contributed by atoms with Crippen molar-refractivity contribution < 1.29 is 0 Å². The van der Waals surface area contributed by atoms with Gasteiger partial charge in [-0.05, 0) is 25.0 Å². The van der Waals surface area contributed by atoms with Crippen LogP contribution in [0.4, 0.5) is 0 Å². The normalized spacial score (nSPS) is 11.1. The van der Waals surface area contributed by atoms with E-state index in [-0.39, 0.29) is 0 Å². The predicted octanol–water partition coefficient (Wildman–Crippen LogP) is 2.62. The molecule has 0 saturated carbocycles. The first kappa shape index (κ1) is 14.6. The highest BCUT2D eigenvalue weighted by molar-refractivity contribution is 6.31. The standard InChI is InChI=1S/C14H20ClN3/c1-3-10-17-14(16-4-2)18-11-9-12-7-5-6-8-13(12)15/h3,5-8H,1,4,9-11H2,2H3,(H2,16,17,18). The van der Waals surface area contributed by atoms with E-state index in [4.69, 9.17) is 11.6 Å². The number of hydrogen-bond acceptors (Lipinski definition) is 1. The zero-order valence-corrected chi connectivity index (χ0v) is 11.5. The molecule has 4 heteroatoms. The topological polar surface area (TPSA) is 36.4 Å². The minimum Gasteiger partial charge on any atom is -0.357 e. The van der Waals surface area contributed by atoms with Crippen LogP contribution >= 0.6 is 11.6 Å². The van der Waals surface area contributed by atoms with E-state index in [1.54, 1.807) is 6.08 Å². The van der Waals surface area contributed by atoms with Crippen molar-refractivity contribution in [2.75, 3.05) is 19.6 Å². The molecule has 0 aliphatic carbocycles. The van der Waals surface area contributed by atoms with Gasteiger partial charge in [-0.25, -0.2) is 0 Å². The summed E-state index contributed by atoms with van der Waals surface area (Å²) in [5.41, 5.74) is 1.13. The third-order valence-corrected chi connectivity index (χ3v) is 2.74. The highest BCUT2D eigenvalue weighted by atomic mass is 35.5. The lowest BCUT2D eigenvalue weighted by Crippen LogP contribution is -2.37. The second kappa shape index (κ2) is 8.59. The molecule has 0 atom stereocenters. The lowest BCUT2D eigenvalue weighted by molar-refractivity contribution is 0.851. The van der Waals surface area contributed by atoms with Gasteiger partial charge in [0.15, 0.2) is 5.96 Å². The van der Waals surface area contributed by atoms with Crippen molar-refractivity contribution in [2.45, 2.75) is 13.3 Å². The van der Waals surface area contributed by atoms with E-state index in [0.29, 0.717) is 13.1 Å². The molecule has 0 radical (unpaired) electrons.